The van der Waals surface area contributed by atoms with Crippen molar-refractivity contribution in [2.45, 2.75) is 64.9 Å². The molecule has 7 heteroatoms. The third kappa shape index (κ3) is 2.66. The first-order valence-electron chi connectivity index (χ1n) is 10.7. The second-order valence-electron chi connectivity index (χ2n) is 9.45. The number of ether oxygens (including phenoxy) is 2. The number of methoxy groups -OCH3 is 1. The van der Waals surface area contributed by atoms with E-state index in [0.717, 1.165) is 12.2 Å². The molecule has 0 spiro atoms. The van der Waals surface area contributed by atoms with Crippen molar-refractivity contribution in [3.63, 3.8) is 0 Å². The van der Waals surface area contributed by atoms with Gasteiger partial charge in [-0.1, -0.05) is 6.92 Å². The Morgan fingerprint density at radius 3 is 2.60 bits per heavy atom. The molecule has 2 fully saturated rings. The van der Waals surface area contributed by atoms with Gasteiger partial charge in [0.25, 0.3) is 0 Å². The molecule has 164 valence electrons. The summed E-state index contributed by atoms with van der Waals surface area (Å²) in [4.78, 5) is 37.8. The van der Waals surface area contributed by atoms with Crippen LogP contribution in [-0.2, 0) is 30.3 Å². The highest BCUT2D eigenvalue weighted by Crippen LogP contribution is 2.65. The van der Waals surface area contributed by atoms with Gasteiger partial charge in [-0.05, 0) is 67.9 Å². The summed E-state index contributed by atoms with van der Waals surface area (Å²) in [7, 11) is 1.30. The first kappa shape index (κ1) is 20.9. The van der Waals surface area contributed by atoms with Gasteiger partial charge in [0.05, 0.1) is 18.8 Å². The molecule has 1 aromatic heterocycles. The van der Waals surface area contributed by atoms with Crippen LogP contribution in [0.2, 0.25) is 0 Å². The van der Waals surface area contributed by atoms with E-state index in [1.807, 2.05) is 6.07 Å². The summed E-state index contributed by atoms with van der Waals surface area (Å²) >= 11 is 0. The largest absolute Gasteiger partial charge is 0.481 e. The summed E-state index contributed by atoms with van der Waals surface area (Å²) in [6.45, 7) is 5.18. The zero-order valence-electron chi connectivity index (χ0n) is 18.0. The molecular weight excluding hydrogens is 388 g/mol. The topological polar surface area (TPSA) is 103 Å². The van der Waals surface area contributed by atoms with Crippen LogP contribution in [0.3, 0.4) is 0 Å². The first-order chi connectivity index (χ1) is 14.2. The summed E-state index contributed by atoms with van der Waals surface area (Å²) in [5.41, 5.74) is -1.14. The van der Waals surface area contributed by atoms with Crippen molar-refractivity contribution in [1.82, 2.24) is 0 Å². The maximum absolute atomic E-state index is 13.1. The minimum Gasteiger partial charge on any atom is -0.481 e. The lowest BCUT2D eigenvalue weighted by Crippen LogP contribution is -2.65. The third-order valence-corrected chi connectivity index (χ3v) is 8.45. The Labute approximate surface area is 176 Å². The Morgan fingerprint density at radius 2 is 1.97 bits per heavy atom. The van der Waals surface area contributed by atoms with Gasteiger partial charge in [0, 0.05) is 13.3 Å². The molecule has 0 aromatic carbocycles. The standard InChI is InChI=1S/C23H30O7/c1-12-14-5-6-18-22(3,21(27)28-4)19(30-13(2)24)7-9-23(18,20(25)26)16(14)11-17-15(12)8-10-29-17/h8,10,12,14,16,18-19H,5-7,9,11H2,1-4H3,(H,25,26)/t12-,14+,16+,18+,19+,22-,23+/m1/s1. The highest BCUT2D eigenvalue weighted by Gasteiger charge is 2.69. The van der Waals surface area contributed by atoms with E-state index < -0.39 is 40.8 Å². The lowest BCUT2D eigenvalue weighted by Gasteiger charge is -2.61. The van der Waals surface area contributed by atoms with Crippen LogP contribution in [0.4, 0.5) is 0 Å². The average molecular weight is 418 g/mol. The Balaban J connectivity index is 1.83. The fourth-order valence-electron chi connectivity index (χ4n) is 7.12. The monoisotopic (exact) mass is 418 g/mol. The molecule has 4 rings (SSSR count). The SMILES string of the molecule is COC(=O)[C@@]1(C)[C@@H](OC(C)=O)CC[C@]2(C(=O)O)[C@H]3Cc4occc4[C@H](C)[C@@H]3CC[C@@H]12. The van der Waals surface area contributed by atoms with Crippen LogP contribution in [0.25, 0.3) is 0 Å². The highest BCUT2D eigenvalue weighted by atomic mass is 16.6. The van der Waals surface area contributed by atoms with E-state index in [4.69, 9.17) is 13.9 Å². The number of carbonyl (C=O) groups excluding carboxylic acids is 2. The summed E-state index contributed by atoms with van der Waals surface area (Å²) < 4.78 is 16.4. The number of carboxylic acids is 1. The van der Waals surface area contributed by atoms with Gasteiger partial charge in [0.1, 0.15) is 17.3 Å². The molecule has 3 aliphatic rings. The second-order valence-corrected chi connectivity index (χ2v) is 9.45. The van der Waals surface area contributed by atoms with Crippen molar-refractivity contribution in [1.29, 1.82) is 0 Å². The molecule has 0 saturated heterocycles. The van der Waals surface area contributed by atoms with Crippen molar-refractivity contribution in [3.05, 3.63) is 23.7 Å². The van der Waals surface area contributed by atoms with Crippen molar-refractivity contribution >= 4 is 17.9 Å². The fourth-order valence-corrected chi connectivity index (χ4v) is 7.12. The number of hydrogen-bond acceptors (Lipinski definition) is 6. The zero-order chi connectivity index (χ0) is 21.8. The van der Waals surface area contributed by atoms with Gasteiger partial charge >= 0.3 is 17.9 Å². The van der Waals surface area contributed by atoms with Crippen LogP contribution in [-0.4, -0.2) is 36.2 Å². The van der Waals surface area contributed by atoms with Crippen LogP contribution in [0, 0.1) is 28.6 Å². The molecule has 3 aliphatic carbocycles. The fraction of sp³-hybridized carbons (Fsp3) is 0.696. The van der Waals surface area contributed by atoms with Gasteiger partial charge in [-0.15, -0.1) is 0 Å². The van der Waals surface area contributed by atoms with Crippen LogP contribution < -0.4 is 0 Å². The molecule has 7 atom stereocenters. The smallest absolute Gasteiger partial charge is 0.315 e. The van der Waals surface area contributed by atoms with Gasteiger partial charge in [-0.3, -0.25) is 14.4 Å². The Hall–Kier alpha value is -2.31. The van der Waals surface area contributed by atoms with Crippen molar-refractivity contribution < 1.29 is 33.4 Å². The van der Waals surface area contributed by atoms with E-state index in [2.05, 4.69) is 6.92 Å². The number of hydrogen-bond donors (Lipinski definition) is 1. The molecular formula is C23H30O7. The molecule has 1 aromatic rings. The van der Waals surface area contributed by atoms with Gasteiger partial charge in [0.15, 0.2) is 0 Å². The van der Waals surface area contributed by atoms with E-state index in [1.165, 1.54) is 19.6 Å². The number of rotatable bonds is 3. The van der Waals surface area contributed by atoms with Gasteiger partial charge in [-0.25, -0.2) is 0 Å². The summed E-state index contributed by atoms with van der Waals surface area (Å²) in [5.74, 6) is -1.24. The molecule has 2 saturated carbocycles. The quantitative estimate of drug-likeness (QED) is 0.749. The van der Waals surface area contributed by atoms with Crippen molar-refractivity contribution in [2.24, 2.45) is 28.6 Å². The molecule has 0 unspecified atom stereocenters. The normalized spacial score (nSPS) is 39.8. The van der Waals surface area contributed by atoms with Gasteiger partial charge < -0.3 is 19.0 Å². The summed E-state index contributed by atoms with van der Waals surface area (Å²) in [6.07, 6.45) is 3.61. The summed E-state index contributed by atoms with van der Waals surface area (Å²) in [6, 6.07) is 1.99. The van der Waals surface area contributed by atoms with Crippen molar-refractivity contribution in [2.75, 3.05) is 7.11 Å². The Bertz CT molecular complexity index is 873. The molecule has 0 aliphatic heterocycles. The molecule has 0 bridgehead atoms. The lowest BCUT2D eigenvalue weighted by molar-refractivity contribution is -0.215. The molecule has 30 heavy (non-hydrogen) atoms. The lowest BCUT2D eigenvalue weighted by atomic mass is 9.42. The molecule has 0 amide bonds. The van der Waals surface area contributed by atoms with E-state index in [0.29, 0.717) is 25.7 Å². The number of fused-ring (bicyclic) bond motifs is 4. The maximum Gasteiger partial charge on any atom is 0.315 e. The van der Waals surface area contributed by atoms with E-state index in [9.17, 15) is 19.5 Å². The predicted octanol–water partition coefficient (Wildman–Crippen LogP) is 3.56. The minimum absolute atomic E-state index is 0.148. The molecule has 7 nitrogen and oxygen atoms in total. The maximum atomic E-state index is 13.1. The van der Waals surface area contributed by atoms with Crippen molar-refractivity contribution in [3.8, 4) is 0 Å². The second kappa shape index (κ2) is 7.13. The minimum atomic E-state index is -1.21. The Kier molecular flexibility index (Phi) is 4.98. The number of carboxylic acid groups (broad SMARTS) is 1. The number of aliphatic carboxylic acids is 1. The van der Waals surface area contributed by atoms with E-state index >= 15 is 0 Å². The van der Waals surface area contributed by atoms with E-state index in [1.54, 1.807) is 13.2 Å². The summed E-state index contributed by atoms with van der Waals surface area (Å²) in [5, 5.41) is 10.6. The third-order valence-electron chi connectivity index (χ3n) is 8.45. The number of carbonyl (C=O) groups is 3. The van der Waals surface area contributed by atoms with Crippen LogP contribution >= 0.6 is 0 Å². The van der Waals surface area contributed by atoms with Gasteiger partial charge in [-0.2, -0.15) is 0 Å². The predicted molar refractivity (Wildman–Crippen MR) is 106 cm³/mol. The Morgan fingerprint density at radius 1 is 1.23 bits per heavy atom. The number of furan rings is 1. The van der Waals surface area contributed by atoms with E-state index in [-0.39, 0.29) is 17.8 Å². The van der Waals surface area contributed by atoms with Crippen LogP contribution in [0.1, 0.15) is 63.7 Å². The average Bonchev–Trinajstić information content (AvgIpc) is 3.18. The van der Waals surface area contributed by atoms with Crippen LogP contribution in [0.15, 0.2) is 16.7 Å². The first-order valence-corrected chi connectivity index (χ1v) is 10.7. The number of esters is 2. The molecule has 0 radical (unpaired) electrons. The zero-order valence-corrected chi connectivity index (χ0v) is 18.0. The van der Waals surface area contributed by atoms with Crippen LogP contribution in [0.5, 0.6) is 0 Å². The highest BCUT2D eigenvalue weighted by molar-refractivity contribution is 5.83. The van der Waals surface area contributed by atoms with Gasteiger partial charge in [0.2, 0.25) is 0 Å². The molecule has 1 heterocycles. The molecule has 1 N–H and O–H groups in total.